The molecule has 3 aliphatic rings. The molecule has 3 aliphatic heterocycles. The van der Waals surface area contributed by atoms with Gasteiger partial charge < -0.3 is 20.4 Å². The van der Waals surface area contributed by atoms with Crippen LogP contribution in [0.3, 0.4) is 0 Å². The molecule has 0 aliphatic carbocycles. The molecule has 0 bridgehead atoms. The van der Waals surface area contributed by atoms with E-state index in [2.05, 4.69) is 48.9 Å². The molecule has 2 aromatic carbocycles. The van der Waals surface area contributed by atoms with Crippen LogP contribution in [0.1, 0.15) is 50.8 Å². The minimum atomic E-state index is -0.236. The van der Waals surface area contributed by atoms with E-state index in [1.165, 1.54) is 5.56 Å². The molecule has 0 radical (unpaired) electrons. The molecule has 5 atom stereocenters. The number of amides is 1. The molecule has 3 N–H and O–H groups in total. The first-order valence-corrected chi connectivity index (χ1v) is 13.0. The number of fused-ring (bicyclic) bond motifs is 2. The smallest absolute Gasteiger partial charge is 0.240 e. The summed E-state index contributed by atoms with van der Waals surface area (Å²) in [5, 5.41) is 23.4. The Morgan fingerprint density at radius 3 is 2.57 bits per heavy atom. The van der Waals surface area contributed by atoms with Gasteiger partial charge in [-0.25, -0.2) is 0 Å². The summed E-state index contributed by atoms with van der Waals surface area (Å²) >= 11 is 0. The average Bonchev–Trinajstić information content (AvgIpc) is 2.83. The van der Waals surface area contributed by atoms with Crippen molar-refractivity contribution < 1.29 is 15.0 Å². The highest BCUT2D eigenvalue weighted by molar-refractivity contribution is 5.83. The SMILES string of the molecule is CC(C)[C@H]1CN2C[C@H](C)[C@](C)(c3cccc(O)c3)C[C@@H]2CN1C(=O)[C@H]1Cc2ccc(O)cc2CN1. The molecule has 3 heterocycles. The van der Waals surface area contributed by atoms with Crippen LogP contribution >= 0.6 is 0 Å². The number of rotatable bonds is 3. The van der Waals surface area contributed by atoms with Crippen molar-refractivity contribution in [1.29, 1.82) is 0 Å². The van der Waals surface area contributed by atoms with Gasteiger partial charge in [-0.05, 0) is 71.0 Å². The average molecular weight is 478 g/mol. The lowest BCUT2D eigenvalue weighted by Gasteiger charge is -2.56. The summed E-state index contributed by atoms with van der Waals surface area (Å²) in [6, 6.07) is 13.4. The number of aromatic hydroxyl groups is 2. The lowest BCUT2D eigenvalue weighted by Crippen LogP contribution is -2.67. The molecule has 0 unspecified atom stereocenters. The van der Waals surface area contributed by atoms with Gasteiger partial charge in [0.2, 0.25) is 5.91 Å². The number of hydrogen-bond donors (Lipinski definition) is 3. The Morgan fingerprint density at radius 2 is 1.83 bits per heavy atom. The Hall–Kier alpha value is -2.57. The second-order valence-electron chi connectivity index (χ2n) is 11.6. The molecule has 2 saturated heterocycles. The molecular formula is C29H39N3O3. The van der Waals surface area contributed by atoms with E-state index in [4.69, 9.17) is 0 Å². The van der Waals surface area contributed by atoms with Crippen molar-refractivity contribution in [2.75, 3.05) is 19.6 Å². The van der Waals surface area contributed by atoms with Gasteiger partial charge in [-0.2, -0.15) is 0 Å². The maximum absolute atomic E-state index is 13.9. The lowest BCUT2D eigenvalue weighted by atomic mass is 9.65. The number of carbonyl (C=O) groups excluding carboxylic acids is 1. The van der Waals surface area contributed by atoms with Crippen molar-refractivity contribution in [3.8, 4) is 11.5 Å². The topological polar surface area (TPSA) is 76.0 Å². The third kappa shape index (κ3) is 4.43. The number of phenolic OH excluding ortho intramolecular Hbond substituents is 2. The standard InChI is InChI=1S/C29H39N3O3/c1-18(2)27-17-31-15-19(3)29(4,22-6-5-7-24(33)12-22)13-23(31)16-32(27)28(35)26-11-20-8-9-25(34)10-21(20)14-30-26/h5-10,12,18-19,23,26-27,30,33-34H,11,13-17H2,1-4H3/t19-,23+,26+,27+,29+/m0/s1. The van der Waals surface area contributed by atoms with Crippen molar-refractivity contribution >= 4 is 5.91 Å². The van der Waals surface area contributed by atoms with Crippen LogP contribution < -0.4 is 5.32 Å². The Labute approximate surface area is 208 Å². The molecule has 0 aromatic heterocycles. The van der Waals surface area contributed by atoms with Crippen LogP contribution in [0.4, 0.5) is 0 Å². The highest BCUT2D eigenvalue weighted by Crippen LogP contribution is 2.44. The summed E-state index contributed by atoms with van der Waals surface area (Å²) in [7, 11) is 0. The third-order valence-corrected chi connectivity index (χ3v) is 9.01. The number of piperidine rings is 1. The van der Waals surface area contributed by atoms with E-state index in [0.717, 1.165) is 37.2 Å². The molecule has 35 heavy (non-hydrogen) atoms. The third-order valence-electron chi connectivity index (χ3n) is 9.01. The van der Waals surface area contributed by atoms with Crippen LogP contribution in [0.5, 0.6) is 11.5 Å². The molecule has 188 valence electrons. The number of nitrogens with zero attached hydrogens (tertiary/aromatic N) is 2. The van der Waals surface area contributed by atoms with E-state index in [-0.39, 0.29) is 29.2 Å². The first-order valence-electron chi connectivity index (χ1n) is 13.0. The van der Waals surface area contributed by atoms with Gasteiger partial charge >= 0.3 is 0 Å². The zero-order valence-corrected chi connectivity index (χ0v) is 21.4. The van der Waals surface area contributed by atoms with Crippen molar-refractivity contribution in [3.05, 3.63) is 59.2 Å². The number of piperazine rings is 1. The van der Waals surface area contributed by atoms with Crippen molar-refractivity contribution in [1.82, 2.24) is 15.1 Å². The molecule has 2 aromatic rings. The van der Waals surface area contributed by atoms with Crippen molar-refractivity contribution in [2.24, 2.45) is 11.8 Å². The molecule has 0 spiro atoms. The minimum absolute atomic E-state index is 0.0523. The predicted molar refractivity (Wildman–Crippen MR) is 137 cm³/mol. The molecule has 0 saturated carbocycles. The Kier molecular flexibility index (Phi) is 6.30. The molecule has 6 nitrogen and oxygen atoms in total. The molecular weight excluding hydrogens is 438 g/mol. The summed E-state index contributed by atoms with van der Waals surface area (Å²) in [5.74, 6) is 1.61. The highest BCUT2D eigenvalue weighted by atomic mass is 16.3. The first-order chi connectivity index (χ1) is 16.7. The summed E-state index contributed by atoms with van der Waals surface area (Å²) in [4.78, 5) is 18.7. The molecule has 6 heteroatoms. The van der Waals surface area contributed by atoms with E-state index in [0.29, 0.717) is 36.6 Å². The number of benzene rings is 2. The Balaban J connectivity index is 1.38. The van der Waals surface area contributed by atoms with Crippen LogP contribution in [0, 0.1) is 11.8 Å². The number of carbonyl (C=O) groups is 1. The van der Waals surface area contributed by atoms with Gasteiger partial charge in [0.15, 0.2) is 0 Å². The van der Waals surface area contributed by atoms with Gasteiger partial charge in [-0.1, -0.05) is 45.9 Å². The Morgan fingerprint density at radius 1 is 1.06 bits per heavy atom. The predicted octanol–water partition coefficient (Wildman–Crippen LogP) is 3.65. The summed E-state index contributed by atoms with van der Waals surface area (Å²) < 4.78 is 0. The highest BCUT2D eigenvalue weighted by Gasteiger charge is 2.48. The van der Waals surface area contributed by atoms with Crippen LogP contribution in [0.15, 0.2) is 42.5 Å². The first kappa shape index (κ1) is 24.1. The second kappa shape index (κ2) is 9.14. The zero-order valence-electron chi connectivity index (χ0n) is 21.4. The lowest BCUT2D eigenvalue weighted by molar-refractivity contribution is -0.144. The fraction of sp³-hybridized carbons (Fsp3) is 0.552. The van der Waals surface area contributed by atoms with Crippen LogP contribution in [0.2, 0.25) is 0 Å². The largest absolute Gasteiger partial charge is 0.508 e. The monoisotopic (exact) mass is 477 g/mol. The molecule has 2 fully saturated rings. The van der Waals surface area contributed by atoms with Crippen molar-refractivity contribution in [2.45, 2.75) is 70.6 Å². The summed E-state index contributed by atoms with van der Waals surface area (Å²) in [5.41, 5.74) is 3.34. The van der Waals surface area contributed by atoms with Gasteiger partial charge in [0.25, 0.3) is 0 Å². The van der Waals surface area contributed by atoms with Crippen LogP contribution in [-0.2, 0) is 23.2 Å². The maximum atomic E-state index is 13.9. The van der Waals surface area contributed by atoms with E-state index in [1.54, 1.807) is 18.2 Å². The fourth-order valence-electron chi connectivity index (χ4n) is 6.59. The Bertz CT molecular complexity index is 1100. The van der Waals surface area contributed by atoms with Crippen LogP contribution in [-0.4, -0.2) is 63.7 Å². The normalized spacial score (nSPS) is 31.2. The molecule has 1 amide bonds. The number of phenols is 2. The van der Waals surface area contributed by atoms with E-state index >= 15 is 0 Å². The fourth-order valence-corrected chi connectivity index (χ4v) is 6.59. The summed E-state index contributed by atoms with van der Waals surface area (Å²) in [6.07, 6.45) is 1.62. The minimum Gasteiger partial charge on any atom is -0.508 e. The maximum Gasteiger partial charge on any atom is 0.240 e. The van der Waals surface area contributed by atoms with E-state index in [1.807, 2.05) is 18.2 Å². The van der Waals surface area contributed by atoms with E-state index < -0.39 is 0 Å². The van der Waals surface area contributed by atoms with Gasteiger partial charge in [-0.15, -0.1) is 0 Å². The van der Waals surface area contributed by atoms with Gasteiger partial charge in [0.1, 0.15) is 11.5 Å². The van der Waals surface area contributed by atoms with Crippen LogP contribution in [0.25, 0.3) is 0 Å². The summed E-state index contributed by atoms with van der Waals surface area (Å²) in [6.45, 7) is 12.3. The van der Waals surface area contributed by atoms with Gasteiger partial charge in [-0.3, -0.25) is 9.69 Å². The van der Waals surface area contributed by atoms with E-state index in [9.17, 15) is 15.0 Å². The number of nitrogens with one attached hydrogen (secondary N) is 1. The molecule has 5 rings (SSSR count). The quantitative estimate of drug-likeness (QED) is 0.629. The number of hydrogen-bond acceptors (Lipinski definition) is 5. The van der Waals surface area contributed by atoms with Gasteiger partial charge in [0.05, 0.1) is 6.04 Å². The van der Waals surface area contributed by atoms with Gasteiger partial charge in [0, 0.05) is 38.3 Å². The second-order valence-corrected chi connectivity index (χ2v) is 11.6. The zero-order chi connectivity index (χ0) is 24.9. The van der Waals surface area contributed by atoms with Crippen molar-refractivity contribution in [3.63, 3.8) is 0 Å².